The van der Waals surface area contributed by atoms with Crippen LogP contribution < -0.4 is 15.0 Å². The number of ketones is 2. The molecule has 0 atom stereocenters. The average molecular weight is 380 g/mol. The molecule has 2 aromatic rings. The molecule has 0 unspecified atom stereocenters. The summed E-state index contributed by atoms with van der Waals surface area (Å²) in [6.45, 7) is 1.45. The summed E-state index contributed by atoms with van der Waals surface area (Å²) < 4.78 is 5.34. The predicted molar refractivity (Wildman–Crippen MR) is 104 cm³/mol. The number of carbonyl (C=O) groups excluding carboxylic acids is 4. The van der Waals surface area contributed by atoms with Crippen LogP contribution in [0.25, 0.3) is 0 Å². The topological polar surface area (TPSA) is 92.8 Å². The van der Waals surface area contributed by atoms with E-state index < -0.39 is 0 Å². The number of hydrogen-bond donors (Lipinski definition) is 1. The molecule has 0 fully saturated rings. The van der Waals surface area contributed by atoms with Crippen LogP contribution >= 0.6 is 0 Å². The molecule has 3 rings (SSSR count). The molecule has 1 aliphatic rings. The molecular formula is C21H20N2O5. The molecule has 0 saturated carbocycles. The number of hydrogen-bond acceptors (Lipinski definition) is 5. The Morgan fingerprint density at radius 1 is 1.04 bits per heavy atom. The number of carbonyl (C=O) groups is 4. The minimum atomic E-state index is -0.294. The maximum atomic E-state index is 12.4. The summed E-state index contributed by atoms with van der Waals surface area (Å²) in [5.41, 5.74) is 2.08. The molecule has 2 amide bonds. The molecule has 144 valence electrons. The predicted octanol–water partition coefficient (Wildman–Crippen LogP) is 2.85. The zero-order valence-electron chi connectivity index (χ0n) is 15.7. The van der Waals surface area contributed by atoms with E-state index in [4.69, 9.17) is 4.74 Å². The van der Waals surface area contributed by atoms with E-state index in [2.05, 4.69) is 5.32 Å². The Labute approximate surface area is 162 Å². The average Bonchev–Trinajstić information content (AvgIpc) is 2.69. The first-order valence-electron chi connectivity index (χ1n) is 8.82. The largest absolute Gasteiger partial charge is 0.482 e. The summed E-state index contributed by atoms with van der Waals surface area (Å²) in [6, 6.07) is 11.4. The van der Waals surface area contributed by atoms with Gasteiger partial charge in [-0.1, -0.05) is 0 Å². The first-order chi connectivity index (χ1) is 13.3. The molecular weight excluding hydrogens is 360 g/mol. The minimum Gasteiger partial charge on any atom is -0.482 e. The summed E-state index contributed by atoms with van der Waals surface area (Å²) in [6.07, 6.45) is 0.0598. The van der Waals surface area contributed by atoms with E-state index in [1.807, 2.05) is 0 Å². The molecule has 0 saturated heterocycles. The van der Waals surface area contributed by atoms with Gasteiger partial charge in [0.15, 0.2) is 18.2 Å². The van der Waals surface area contributed by atoms with E-state index in [1.54, 1.807) is 49.5 Å². The standard InChI is InChI=1S/C21H20N2O5/c1-13(24)14-3-6-16(7-4-14)22-20(26)10-8-18(25)15-5-9-19-17(11-15)23(2)21(27)12-28-19/h3-7,9,11H,8,10,12H2,1-2H3,(H,22,26). The molecule has 0 aliphatic carbocycles. The van der Waals surface area contributed by atoms with Gasteiger partial charge in [0, 0.05) is 36.7 Å². The van der Waals surface area contributed by atoms with E-state index in [0.29, 0.717) is 28.3 Å². The van der Waals surface area contributed by atoms with Crippen LogP contribution in [0.2, 0.25) is 0 Å². The fraction of sp³-hybridized carbons (Fsp3) is 0.238. The number of rotatable bonds is 6. The Balaban J connectivity index is 1.58. The molecule has 0 spiro atoms. The lowest BCUT2D eigenvalue weighted by Crippen LogP contribution is -2.35. The van der Waals surface area contributed by atoms with Gasteiger partial charge < -0.3 is 15.0 Å². The number of benzene rings is 2. The lowest BCUT2D eigenvalue weighted by molar-refractivity contribution is -0.121. The van der Waals surface area contributed by atoms with Crippen molar-refractivity contribution in [1.82, 2.24) is 0 Å². The van der Waals surface area contributed by atoms with Gasteiger partial charge in [-0.3, -0.25) is 19.2 Å². The molecule has 7 heteroatoms. The van der Waals surface area contributed by atoms with E-state index in [0.717, 1.165) is 0 Å². The van der Waals surface area contributed by atoms with Gasteiger partial charge in [0.05, 0.1) is 5.69 Å². The normalized spacial score (nSPS) is 12.8. The lowest BCUT2D eigenvalue weighted by atomic mass is 10.0. The molecule has 7 nitrogen and oxygen atoms in total. The Morgan fingerprint density at radius 2 is 1.71 bits per heavy atom. The van der Waals surface area contributed by atoms with E-state index >= 15 is 0 Å². The van der Waals surface area contributed by atoms with Crippen LogP contribution in [0.3, 0.4) is 0 Å². The van der Waals surface area contributed by atoms with Crippen LogP contribution in [0.5, 0.6) is 5.75 Å². The van der Waals surface area contributed by atoms with Gasteiger partial charge in [0.25, 0.3) is 5.91 Å². The summed E-state index contributed by atoms with van der Waals surface area (Å²) in [7, 11) is 1.63. The highest BCUT2D eigenvalue weighted by atomic mass is 16.5. The van der Waals surface area contributed by atoms with Gasteiger partial charge in [0.1, 0.15) is 5.75 Å². The Morgan fingerprint density at radius 3 is 2.39 bits per heavy atom. The zero-order chi connectivity index (χ0) is 20.3. The first kappa shape index (κ1) is 19.3. The molecule has 0 aromatic heterocycles. The fourth-order valence-corrected chi connectivity index (χ4v) is 2.83. The number of amides is 2. The molecule has 1 heterocycles. The zero-order valence-corrected chi connectivity index (χ0v) is 15.7. The SMILES string of the molecule is CC(=O)c1ccc(NC(=O)CCC(=O)c2ccc3c(c2)N(C)C(=O)CO3)cc1. The quantitative estimate of drug-likeness (QED) is 0.778. The summed E-state index contributed by atoms with van der Waals surface area (Å²) in [5, 5.41) is 2.70. The maximum absolute atomic E-state index is 12.4. The molecule has 0 bridgehead atoms. The highest BCUT2D eigenvalue weighted by molar-refractivity contribution is 6.03. The number of ether oxygens (including phenoxy) is 1. The highest BCUT2D eigenvalue weighted by Gasteiger charge is 2.23. The maximum Gasteiger partial charge on any atom is 0.264 e. The third-order valence-electron chi connectivity index (χ3n) is 4.52. The molecule has 1 N–H and O–H groups in total. The minimum absolute atomic E-state index is 0.0235. The fourth-order valence-electron chi connectivity index (χ4n) is 2.83. The van der Waals surface area contributed by atoms with Crippen molar-refractivity contribution in [2.24, 2.45) is 0 Å². The Bertz CT molecular complexity index is 950. The summed E-state index contributed by atoms with van der Waals surface area (Å²) in [5.74, 6) is -0.183. The number of fused-ring (bicyclic) bond motifs is 1. The van der Waals surface area contributed by atoms with Gasteiger partial charge in [-0.15, -0.1) is 0 Å². The highest BCUT2D eigenvalue weighted by Crippen LogP contribution is 2.32. The van der Waals surface area contributed by atoms with Crippen LogP contribution in [0.1, 0.15) is 40.5 Å². The van der Waals surface area contributed by atoms with Gasteiger partial charge in [-0.2, -0.15) is 0 Å². The third-order valence-corrected chi connectivity index (χ3v) is 4.52. The van der Waals surface area contributed by atoms with Crippen molar-refractivity contribution < 1.29 is 23.9 Å². The van der Waals surface area contributed by atoms with Gasteiger partial charge in [-0.25, -0.2) is 0 Å². The van der Waals surface area contributed by atoms with E-state index in [1.165, 1.54) is 11.8 Å². The molecule has 28 heavy (non-hydrogen) atoms. The smallest absolute Gasteiger partial charge is 0.264 e. The monoisotopic (exact) mass is 380 g/mol. The molecule has 0 radical (unpaired) electrons. The second-order valence-corrected chi connectivity index (χ2v) is 6.53. The third kappa shape index (κ3) is 4.25. The van der Waals surface area contributed by atoms with E-state index in [-0.39, 0.29) is 42.8 Å². The van der Waals surface area contributed by atoms with Crippen molar-refractivity contribution in [1.29, 1.82) is 0 Å². The van der Waals surface area contributed by atoms with Crippen molar-refractivity contribution in [3.8, 4) is 5.75 Å². The number of nitrogens with zero attached hydrogens (tertiary/aromatic N) is 1. The van der Waals surface area contributed by atoms with Crippen molar-refractivity contribution in [3.05, 3.63) is 53.6 Å². The van der Waals surface area contributed by atoms with Crippen LogP contribution in [0, 0.1) is 0 Å². The van der Waals surface area contributed by atoms with Crippen molar-refractivity contribution >= 4 is 34.8 Å². The Hall–Kier alpha value is -3.48. The van der Waals surface area contributed by atoms with Gasteiger partial charge >= 0.3 is 0 Å². The molecule has 1 aliphatic heterocycles. The number of likely N-dealkylation sites (N-methyl/N-ethyl adjacent to an activating group) is 1. The van der Waals surface area contributed by atoms with Crippen LogP contribution in [0.4, 0.5) is 11.4 Å². The Kier molecular flexibility index (Phi) is 5.54. The summed E-state index contributed by atoms with van der Waals surface area (Å²) in [4.78, 5) is 49.0. The second-order valence-electron chi connectivity index (χ2n) is 6.53. The second kappa shape index (κ2) is 8.04. The van der Waals surface area contributed by atoms with Crippen molar-refractivity contribution in [2.75, 3.05) is 23.9 Å². The number of Topliss-reactive ketones (excluding diaryl/α,β-unsaturated/α-hetero) is 2. The van der Waals surface area contributed by atoms with Crippen LogP contribution in [-0.4, -0.2) is 37.0 Å². The number of nitrogens with one attached hydrogen (secondary N) is 1. The lowest BCUT2D eigenvalue weighted by Gasteiger charge is -2.26. The van der Waals surface area contributed by atoms with Crippen molar-refractivity contribution in [2.45, 2.75) is 19.8 Å². The van der Waals surface area contributed by atoms with Gasteiger partial charge in [0.2, 0.25) is 5.91 Å². The van der Waals surface area contributed by atoms with Gasteiger partial charge in [-0.05, 0) is 49.4 Å². The first-order valence-corrected chi connectivity index (χ1v) is 8.82. The van der Waals surface area contributed by atoms with E-state index in [9.17, 15) is 19.2 Å². The van der Waals surface area contributed by atoms with Crippen molar-refractivity contribution in [3.63, 3.8) is 0 Å². The molecule has 2 aromatic carbocycles. The number of anilines is 2. The summed E-state index contributed by atoms with van der Waals surface area (Å²) >= 11 is 0. The van der Waals surface area contributed by atoms with Crippen LogP contribution in [-0.2, 0) is 9.59 Å². The van der Waals surface area contributed by atoms with Crippen LogP contribution in [0.15, 0.2) is 42.5 Å².